The third kappa shape index (κ3) is 2.86. The number of amides is 1. The Hall–Kier alpha value is -2.44. The van der Waals surface area contributed by atoms with Crippen LogP contribution in [0.2, 0.25) is 0 Å². The summed E-state index contributed by atoms with van der Waals surface area (Å²) in [7, 11) is 0. The molecule has 0 spiro atoms. The fourth-order valence-electron chi connectivity index (χ4n) is 2.50. The molecule has 0 aliphatic carbocycles. The van der Waals surface area contributed by atoms with Crippen LogP contribution < -0.4 is 10.9 Å². The normalized spacial score (nSPS) is 12.2. The van der Waals surface area contributed by atoms with Gasteiger partial charge in [-0.3, -0.25) is 14.3 Å². The molecule has 2 aromatic rings. The highest BCUT2D eigenvalue weighted by molar-refractivity contribution is 5.92. The maximum atomic E-state index is 12.1. The Bertz CT molecular complexity index is 716. The molecule has 2 aromatic heterocycles. The smallest absolute Gasteiger partial charge is 0.279 e. The van der Waals surface area contributed by atoms with Gasteiger partial charge in [0.05, 0.1) is 11.7 Å². The van der Waals surface area contributed by atoms with Crippen molar-refractivity contribution in [3.8, 4) is 0 Å². The molecule has 0 saturated carbocycles. The fourth-order valence-corrected chi connectivity index (χ4v) is 2.50. The van der Waals surface area contributed by atoms with Crippen LogP contribution >= 0.6 is 0 Å². The molecule has 7 heteroatoms. The number of hydrogen-bond acceptors (Lipinski definition) is 4. The number of aromatic amines is 1. The number of rotatable bonds is 4. The van der Waals surface area contributed by atoms with E-state index in [1.165, 1.54) is 12.4 Å². The Balaban J connectivity index is 2.25. The molecular formula is C14H19N5O2. The molecule has 0 aliphatic rings. The van der Waals surface area contributed by atoms with Crippen molar-refractivity contribution in [1.29, 1.82) is 0 Å². The molecule has 2 heterocycles. The van der Waals surface area contributed by atoms with Gasteiger partial charge in [0.15, 0.2) is 5.69 Å². The summed E-state index contributed by atoms with van der Waals surface area (Å²) < 4.78 is 1.89. The first-order valence-corrected chi connectivity index (χ1v) is 6.84. The maximum Gasteiger partial charge on any atom is 0.279 e. The molecule has 112 valence electrons. The quantitative estimate of drug-likeness (QED) is 0.881. The predicted octanol–water partition coefficient (Wildman–Crippen LogP) is 1.09. The van der Waals surface area contributed by atoms with E-state index in [1.54, 1.807) is 0 Å². The Morgan fingerprint density at radius 2 is 2.19 bits per heavy atom. The van der Waals surface area contributed by atoms with Gasteiger partial charge in [-0.1, -0.05) is 0 Å². The van der Waals surface area contributed by atoms with Crippen LogP contribution in [0.5, 0.6) is 0 Å². The summed E-state index contributed by atoms with van der Waals surface area (Å²) in [5.74, 6) is -0.493. The summed E-state index contributed by atoms with van der Waals surface area (Å²) in [6.07, 6.45) is 2.77. The highest BCUT2D eigenvalue weighted by Crippen LogP contribution is 2.21. The second-order valence-electron chi connectivity index (χ2n) is 4.86. The van der Waals surface area contributed by atoms with Gasteiger partial charge >= 0.3 is 0 Å². The lowest BCUT2D eigenvalue weighted by atomic mass is 10.1. The van der Waals surface area contributed by atoms with Crippen molar-refractivity contribution >= 4 is 5.91 Å². The zero-order valence-corrected chi connectivity index (χ0v) is 12.6. The van der Waals surface area contributed by atoms with Crippen molar-refractivity contribution in [3.63, 3.8) is 0 Å². The van der Waals surface area contributed by atoms with E-state index in [0.29, 0.717) is 0 Å². The van der Waals surface area contributed by atoms with Gasteiger partial charge in [0.2, 0.25) is 0 Å². The van der Waals surface area contributed by atoms with E-state index in [-0.39, 0.29) is 11.7 Å². The first-order valence-electron chi connectivity index (χ1n) is 6.84. The molecule has 21 heavy (non-hydrogen) atoms. The van der Waals surface area contributed by atoms with Crippen LogP contribution in [0.4, 0.5) is 0 Å². The molecule has 1 amide bonds. The molecule has 1 atom stereocenters. The minimum Gasteiger partial charge on any atom is -0.344 e. The van der Waals surface area contributed by atoms with Crippen LogP contribution in [0.3, 0.4) is 0 Å². The lowest BCUT2D eigenvalue weighted by molar-refractivity contribution is 0.0933. The summed E-state index contributed by atoms with van der Waals surface area (Å²) in [5, 5.41) is 7.23. The van der Waals surface area contributed by atoms with Crippen molar-refractivity contribution < 1.29 is 4.79 Å². The SMILES string of the molecule is CCn1nc(C)c(C(C)NC(=O)c2ncc[nH]c2=O)c1C. The third-order valence-electron chi connectivity index (χ3n) is 3.44. The average molecular weight is 289 g/mol. The zero-order valence-electron chi connectivity index (χ0n) is 12.6. The molecule has 2 N–H and O–H groups in total. The Morgan fingerprint density at radius 3 is 2.76 bits per heavy atom. The van der Waals surface area contributed by atoms with Gasteiger partial charge in [0.1, 0.15) is 0 Å². The molecular weight excluding hydrogens is 270 g/mol. The van der Waals surface area contributed by atoms with Crippen LogP contribution in [-0.4, -0.2) is 25.7 Å². The number of carbonyl (C=O) groups is 1. The van der Waals surface area contributed by atoms with Crippen LogP contribution in [-0.2, 0) is 6.54 Å². The van der Waals surface area contributed by atoms with Crippen molar-refractivity contribution in [1.82, 2.24) is 25.1 Å². The summed E-state index contributed by atoms with van der Waals surface area (Å²) in [6, 6.07) is -0.251. The molecule has 1 unspecified atom stereocenters. The van der Waals surface area contributed by atoms with Crippen LogP contribution in [0, 0.1) is 13.8 Å². The van der Waals surface area contributed by atoms with E-state index < -0.39 is 11.5 Å². The number of hydrogen-bond donors (Lipinski definition) is 2. The summed E-state index contributed by atoms with van der Waals surface area (Å²) in [4.78, 5) is 29.9. The van der Waals surface area contributed by atoms with Gasteiger partial charge in [-0.15, -0.1) is 0 Å². The number of aromatic nitrogens is 4. The Labute approximate surface area is 122 Å². The molecule has 2 rings (SSSR count). The number of aryl methyl sites for hydroxylation is 2. The van der Waals surface area contributed by atoms with Crippen molar-refractivity contribution in [3.05, 3.63) is 45.4 Å². The molecule has 0 bridgehead atoms. The largest absolute Gasteiger partial charge is 0.344 e. The minimum atomic E-state index is -0.500. The monoisotopic (exact) mass is 289 g/mol. The van der Waals surface area contributed by atoms with Crippen molar-refractivity contribution in [2.45, 2.75) is 40.3 Å². The van der Waals surface area contributed by atoms with Crippen LogP contribution in [0.1, 0.15) is 47.3 Å². The van der Waals surface area contributed by atoms with Gasteiger partial charge in [-0.2, -0.15) is 5.10 Å². The molecule has 7 nitrogen and oxygen atoms in total. The van der Waals surface area contributed by atoms with E-state index in [4.69, 9.17) is 0 Å². The summed E-state index contributed by atoms with van der Waals surface area (Å²) >= 11 is 0. The topological polar surface area (TPSA) is 92.7 Å². The standard InChI is InChI=1S/C14H19N5O2/c1-5-19-10(4)11(9(3)18-19)8(2)17-14(21)12-13(20)16-7-6-15-12/h6-8H,5H2,1-4H3,(H,16,20)(H,17,21). The van der Waals surface area contributed by atoms with Gasteiger partial charge in [0.25, 0.3) is 11.5 Å². The first kappa shape index (κ1) is 15.0. The van der Waals surface area contributed by atoms with E-state index in [0.717, 1.165) is 23.5 Å². The van der Waals surface area contributed by atoms with Gasteiger partial charge in [-0.25, -0.2) is 4.98 Å². The third-order valence-corrected chi connectivity index (χ3v) is 3.44. The van der Waals surface area contributed by atoms with E-state index in [2.05, 4.69) is 20.4 Å². The second kappa shape index (κ2) is 5.90. The number of carbonyl (C=O) groups excluding carboxylic acids is 1. The Kier molecular flexibility index (Phi) is 4.21. The summed E-state index contributed by atoms with van der Waals surface area (Å²) in [5.41, 5.74) is 2.22. The van der Waals surface area contributed by atoms with Gasteiger partial charge in [-0.05, 0) is 27.7 Å². The minimum absolute atomic E-state index is 0.137. The molecule has 0 aromatic carbocycles. The molecule has 0 aliphatic heterocycles. The number of H-pyrrole nitrogens is 1. The number of nitrogens with zero attached hydrogens (tertiary/aromatic N) is 3. The highest BCUT2D eigenvalue weighted by atomic mass is 16.2. The summed E-state index contributed by atoms with van der Waals surface area (Å²) in [6.45, 7) is 8.53. The molecule has 0 fully saturated rings. The van der Waals surface area contributed by atoms with Gasteiger partial charge in [0, 0.05) is 30.2 Å². The second-order valence-corrected chi connectivity index (χ2v) is 4.86. The van der Waals surface area contributed by atoms with Crippen molar-refractivity contribution in [2.75, 3.05) is 0 Å². The van der Waals surface area contributed by atoms with Crippen LogP contribution in [0.25, 0.3) is 0 Å². The van der Waals surface area contributed by atoms with E-state index in [1.807, 2.05) is 32.4 Å². The van der Waals surface area contributed by atoms with E-state index >= 15 is 0 Å². The van der Waals surface area contributed by atoms with Crippen molar-refractivity contribution in [2.24, 2.45) is 0 Å². The molecule has 0 radical (unpaired) electrons. The lowest BCUT2D eigenvalue weighted by Gasteiger charge is -2.14. The maximum absolute atomic E-state index is 12.1. The molecule has 0 saturated heterocycles. The van der Waals surface area contributed by atoms with E-state index in [9.17, 15) is 9.59 Å². The highest BCUT2D eigenvalue weighted by Gasteiger charge is 2.21. The Morgan fingerprint density at radius 1 is 1.48 bits per heavy atom. The predicted molar refractivity (Wildman–Crippen MR) is 78.1 cm³/mol. The fraction of sp³-hybridized carbons (Fsp3) is 0.429. The number of nitrogens with one attached hydrogen (secondary N) is 2. The first-order chi connectivity index (χ1) is 9.95. The van der Waals surface area contributed by atoms with Crippen LogP contribution in [0.15, 0.2) is 17.2 Å². The van der Waals surface area contributed by atoms with Gasteiger partial charge < -0.3 is 10.3 Å². The average Bonchev–Trinajstić information content (AvgIpc) is 2.73. The lowest BCUT2D eigenvalue weighted by Crippen LogP contribution is -2.33. The zero-order chi connectivity index (χ0) is 15.6.